The molecule has 2 saturated heterocycles. The van der Waals surface area contributed by atoms with Crippen molar-refractivity contribution in [3.8, 4) is 0 Å². The van der Waals surface area contributed by atoms with Crippen LogP contribution in [0.4, 0.5) is 0 Å². The van der Waals surface area contributed by atoms with E-state index in [1.807, 2.05) is 11.8 Å². The van der Waals surface area contributed by atoms with Gasteiger partial charge < -0.3 is 9.64 Å². The number of nitrogens with zero attached hydrogens (tertiary/aromatic N) is 3. The first-order chi connectivity index (χ1) is 11.5. The SMILES string of the molecule is C=C(C)[C@H]1OCC[C@H]1C(=O)N1CCC[C@@H]1CC(=O)c1cnn(C)c1. The van der Waals surface area contributed by atoms with Crippen LogP contribution in [-0.4, -0.2) is 51.7 Å². The summed E-state index contributed by atoms with van der Waals surface area (Å²) in [5.41, 5.74) is 1.51. The molecule has 0 saturated carbocycles. The third kappa shape index (κ3) is 3.29. The van der Waals surface area contributed by atoms with E-state index in [9.17, 15) is 9.59 Å². The topological polar surface area (TPSA) is 64.4 Å². The van der Waals surface area contributed by atoms with Crippen LogP contribution in [0.1, 0.15) is 43.0 Å². The summed E-state index contributed by atoms with van der Waals surface area (Å²) in [5, 5.41) is 4.05. The molecule has 0 N–H and O–H groups in total. The van der Waals surface area contributed by atoms with Crippen molar-refractivity contribution in [1.29, 1.82) is 0 Å². The number of hydrogen-bond acceptors (Lipinski definition) is 4. The predicted molar refractivity (Wildman–Crippen MR) is 89.6 cm³/mol. The number of aryl methyl sites for hydroxylation is 1. The van der Waals surface area contributed by atoms with E-state index in [0.717, 1.165) is 31.4 Å². The van der Waals surface area contributed by atoms with Crippen LogP contribution in [-0.2, 0) is 16.6 Å². The minimum atomic E-state index is -0.187. The number of Topliss-reactive ketones (excluding diaryl/α,β-unsaturated/α-hetero) is 1. The van der Waals surface area contributed by atoms with Crippen molar-refractivity contribution in [1.82, 2.24) is 14.7 Å². The van der Waals surface area contributed by atoms with Crippen molar-refractivity contribution in [3.05, 3.63) is 30.1 Å². The molecule has 3 atom stereocenters. The Morgan fingerprint density at radius 2 is 2.21 bits per heavy atom. The number of ether oxygens (including phenoxy) is 1. The second-order valence-electron chi connectivity index (χ2n) is 6.89. The van der Waals surface area contributed by atoms with Crippen LogP contribution >= 0.6 is 0 Å². The molecule has 2 aliphatic heterocycles. The van der Waals surface area contributed by atoms with E-state index in [4.69, 9.17) is 4.74 Å². The summed E-state index contributed by atoms with van der Waals surface area (Å²) in [7, 11) is 1.79. The molecular formula is C18H25N3O3. The molecule has 0 aromatic carbocycles. The minimum absolute atomic E-state index is 0.0171. The molecule has 3 rings (SSSR count). The van der Waals surface area contributed by atoms with Gasteiger partial charge in [0, 0.05) is 38.9 Å². The highest BCUT2D eigenvalue weighted by atomic mass is 16.5. The van der Waals surface area contributed by atoms with Crippen molar-refractivity contribution >= 4 is 11.7 Å². The van der Waals surface area contributed by atoms with Crippen LogP contribution in [0.5, 0.6) is 0 Å². The zero-order valence-corrected chi connectivity index (χ0v) is 14.4. The van der Waals surface area contributed by atoms with E-state index in [-0.39, 0.29) is 29.8 Å². The zero-order valence-electron chi connectivity index (χ0n) is 14.4. The van der Waals surface area contributed by atoms with Gasteiger partial charge in [0.05, 0.1) is 23.8 Å². The molecule has 6 nitrogen and oxygen atoms in total. The molecule has 3 heterocycles. The lowest BCUT2D eigenvalue weighted by molar-refractivity contribution is -0.137. The van der Waals surface area contributed by atoms with Gasteiger partial charge in [-0.15, -0.1) is 0 Å². The molecule has 2 aliphatic rings. The average molecular weight is 331 g/mol. The number of rotatable bonds is 5. The van der Waals surface area contributed by atoms with E-state index in [0.29, 0.717) is 18.6 Å². The van der Waals surface area contributed by atoms with Gasteiger partial charge in [0.2, 0.25) is 5.91 Å². The second kappa shape index (κ2) is 6.89. The van der Waals surface area contributed by atoms with Gasteiger partial charge in [-0.25, -0.2) is 0 Å². The van der Waals surface area contributed by atoms with Crippen LogP contribution in [0.25, 0.3) is 0 Å². The number of amides is 1. The monoisotopic (exact) mass is 331 g/mol. The maximum Gasteiger partial charge on any atom is 0.229 e. The normalized spacial score (nSPS) is 26.8. The Bertz CT molecular complexity index is 652. The Labute approximate surface area is 142 Å². The molecule has 0 aliphatic carbocycles. The maximum atomic E-state index is 13.0. The summed E-state index contributed by atoms with van der Waals surface area (Å²) in [5.74, 6) is 0.00510. The molecule has 0 spiro atoms. The Morgan fingerprint density at radius 3 is 2.88 bits per heavy atom. The van der Waals surface area contributed by atoms with Crippen molar-refractivity contribution < 1.29 is 14.3 Å². The van der Waals surface area contributed by atoms with Crippen LogP contribution in [0.3, 0.4) is 0 Å². The highest BCUT2D eigenvalue weighted by Crippen LogP contribution is 2.31. The van der Waals surface area contributed by atoms with E-state index in [2.05, 4.69) is 11.7 Å². The second-order valence-corrected chi connectivity index (χ2v) is 6.89. The quantitative estimate of drug-likeness (QED) is 0.611. The molecule has 1 aromatic heterocycles. The maximum absolute atomic E-state index is 13.0. The van der Waals surface area contributed by atoms with Gasteiger partial charge in [0.15, 0.2) is 5.78 Å². The van der Waals surface area contributed by atoms with E-state index in [1.54, 1.807) is 24.1 Å². The molecule has 0 bridgehead atoms. The minimum Gasteiger partial charge on any atom is -0.373 e. The fraction of sp³-hybridized carbons (Fsp3) is 0.611. The Balaban J connectivity index is 1.67. The zero-order chi connectivity index (χ0) is 17.3. The number of likely N-dealkylation sites (tertiary alicyclic amines) is 1. The Hall–Kier alpha value is -1.95. The molecule has 0 unspecified atom stereocenters. The van der Waals surface area contributed by atoms with E-state index >= 15 is 0 Å². The molecule has 24 heavy (non-hydrogen) atoms. The van der Waals surface area contributed by atoms with Crippen LogP contribution in [0.15, 0.2) is 24.5 Å². The largest absolute Gasteiger partial charge is 0.373 e. The summed E-state index contributed by atoms with van der Waals surface area (Å²) >= 11 is 0. The van der Waals surface area contributed by atoms with Gasteiger partial charge >= 0.3 is 0 Å². The number of hydrogen-bond donors (Lipinski definition) is 0. The van der Waals surface area contributed by atoms with Crippen molar-refractivity contribution in [2.75, 3.05) is 13.2 Å². The third-order valence-electron chi connectivity index (χ3n) is 5.00. The number of aromatic nitrogens is 2. The first kappa shape index (κ1) is 16.9. The van der Waals surface area contributed by atoms with Crippen molar-refractivity contribution in [2.24, 2.45) is 13.0 Å². The van der Waals surface area contributed by atoms with Gasteiger partial charge in [-0.05, 0) is 26.2 Å². The number of carbonyl (C=O) groups is 2. The molecule has 0 radical (unpaired) electrons. The molecule has 130 valence electrons. The van der Waals surface area contributed by atoms with Gasteiger partial charge in [-0.1, -0.05) is 12.2 Å². The highest BCUT2D eigenvalue weighted by molar-refractivity contribution is 5.96. The van der Waals surface area contributed by atoms with Gasteiger partial charge in [0.25, 0.3) is 0 Å². The smallest absolute Gasteiger partial charge is 0.229 e. The van der Waals surface area contributed by atoms with Crippen LogP contribution in [0, 0.1) is 5.92 Å². The molecular weight excluding hydrogens is 306 g/mol. The molecule has 1 amide bonds. The summed E-state index contributed by atoms with van der Waals surface area (Å²) in [6.45, 7) is 7.18. The lowest BCUT2D eigenvalue weighted by Crippen LogP contribution is -2.43. The lowest BCUT2D eigenvalue weighted by Gasteiger charge is -2.29. The van der Waals surface area contributed by atoms with Crippen molar-refractivity contribution in [3.63, 3.8) is 0 Å². The standard InChI is InChI=1S/C18H25N3O3/c1-12(2)17-15(6-8-24-17)18(23)21-7-4-5-14(21)9-16(22)13-10-19-20(3)11-13/h10-11,14-15,17H,1,4-9H2,2-3H3/t14-,15-,17-/m1/s1. The first-order valence-electron chi connectivity index (χ1n) is 8.56. The fourth-order valence-electron chi connectivity index (χ4n) is 3.78. The summed E-state index contributed by atoms with van der Waals surface area (Å²) < 4.78 is 7.29. The van der Waals surface area contributed by atoms with E-state index in [1.165, 1.54) is 0 Å². The van der Waals surface area contributed by atoms with Crippen molar-refractivity contribution in [2.45, 2.75) is 44.8 Å². The third-order valence-corrected chi connectivity index (χ3v) is 5.00. The Kier molecular flexibility index (Phi) is 4.85. The van der Waals surface area contributed by atoms with E-state index < -0.39 is 0 Å². The molecule has 2 fully saturated rings. The summed E-state index contributed by atoms with van der Waals surface area (Å²) in [6, 6.07) is -0.0171. The van der Waals surface area contributed by atoms with Gasteiger partial charge in [-0.3, -0.25) is 14.3 Å². The van der Waals surface area contributed by atoms with Gasteiger partial charge in [0.1, 0.15) is 0 Å². The molecule has 1 aromatic rings. The van der Waals surface area contributed by atoms with Crippen LogP contribution < -0.4 is 0 Å². The highest BCUT2D eigenvalue weighted by Gasteiger charge is 2.40. The first-order valence-corrected chi connectivity index (χ1v) is 8.56. The lowest BCUT2D eigenvalue weighted by atomic mass is 9.94. The van der Waals surface area contributed by atoms with Gasteiger partial charge in [-0.2, -0.15) is 5.10 Å². The number of ketones is 1. The average Bonchev–Trinajstić information content (AvgIpc) is 3.26. The summed E-state index contributed by atoms with van der Waals surface area (Å²) in [4.78, 5) is 27.3. The fourth-order valence-corrected chi connectivity index (χ4v) is 3.78. The Morgan fingerprint density at radius 1 is 1.42 bits per heavy atom. The molecule has 6 heteroatoms. The number of carbonyl (C=O) groups excluding carboxylic acids is 2. The summed E-state index contributed by atoms with van der Waals surface area (Å²) in [6.07, 6.45) is 6.05. The van der Waals surface area contributed by atoms with Crippen LogP contribution in [0.2, 0.25) is 0 Å². The predicted octanol–water partition coefficient (Wildman–Crippen LogP) is 1.97.